The summed E-state index contributed by atoms with van der Waals surface area (Å²) in [7, 11) is 0. The summed E-state index contributed by atoms with van der Waals surface area (Å²) < 4.78 is 0. The molecule has 0 aromatic carbocycles. The highest BCUT2D eigenvalue weighted by atomic mass is 32.1. The third kappa shape index (κ3) is 4.15. The minimum Gasteiger partial charge on any atom is -0.310 e. The number of rotatable bonds is 7. The Hall–Kier alpha value is -1.19. The van der Waals surface area contributed by atoms with E-state index in [1.54, 1.807) is 0 Å². The quantitative estimate of drug-likeness (QED) is 0.826. The van der Waals surface area contributed by atoms with Crippen molar-refractivity contribution in [3.05, 3.63) is 52.0 Å². The molecule has 1 N–H and O–H groups in total. The van der Waals surface area contributed by atoms with Gasteiger partial charge in [0.2, 0.25) is 0 Å². The molecule has 1 unspecified atom stereocenters. The number of aryl methyl sites for hydroxylation is 1. The van der Waals surface area contributed by atoms with Gasteiger partial charge < -0.3 is 5.32 Å². The largest absolute Gasteiger partial charge is 0.310 e. The number of hydrogen-bond acceptors (Lipinski definition) is 3. The summed E-state index contributed by atoms with van der Waals surface area (Å²) in [5.74, 6) is 0. The van der Waals surface area contributed by atoms with Crippen molar-refractivity contribution in [2.45, 2.75) is 39.2 Å². The number of aromatic nitrogens is 1. The molecule has 0 fully saturated rings. The second-order valence-electron chi connectivity index (χ2n) is 4.71. The van der Waals surface area contributed by atoms with Crippen LogP contribution in [0.4, 0.5) is 0 Å². The van der Waals surface area contributed by atoms with E-state index in [4.69, 9.17) is 0 Å². The Bertz CT molecular complexity index is 479. The van der Waals surface area contributed by atoms with Gasteiger partial charge in [0.1, 0.15) is 0 Å². The van der Waals surface area contributed by atoms with E-state index in [0.717, 1.165) is 25.8 Å². The van der Waals surface area contributed by atoms with Crippen molar-refractivity contribution in [3.63, 3.8) is 0 Å². The molecule has 1 atom stereocenters. The van der Waals surface area contributed by atoms with Gasteiger partial charge in [0.25, 0.3) is 0 Å². The standard InChI is InChI=1S/C16H22N2S/c1-3-9-18-16(13-7-10-17-11-8-13)12-15-6-5-14(4-2)19-15/h5-8,10-11,16,18H,3-4,9,12H2,1-2H3. The predicted octanol–water partition coefficient (Wildman–Crippen LogP) is 3.99. The molecule has 2 rings (SSSR count). The maximum Gasteiger partial charge on any atom is 0.0369 e. The number of nitrogens with zero attached hydrogens (tertiary/aromatic N) is 1. The molecule has 0 radical (unpaired) electrons. The van der Waals surface area contributed by atoms with Crippen molar-refractivity contribution < 1.29 is 0 Å². The molecule has 0 saturated carbocycles. The van der Waals surface area contributed by atoms with Gasteiger partial charge in [0.15, 0.2) is 0 Å². The zero-order valence-electron chi connectivity index (χ0n) is 11.7. The van der Waals surface area contributed by atoms with Crippen LogP contribution in [0.25, 0.3) is 0 Å². The summed E-state index contributed by atoms with van der Waals surface area (Å²) in [4.78, 5) is 7.04. The van der Waals surface area contributed by atoms with E-state index in [1.807, 2.05) is 23.7 Å². The van der Waals surface area contributed by atoms with E-state index >= 15 is 0 Å². The van der Waals surface area contributed by atoms with E-state index < -0.39 is 0 Å². The van der Waals surface area contributed by atoms with Gasteiger partial charge in [-0.15, -0.1) is 11.3 Å². The molecule has 2 aromatic heterocycles. The lowest BCUT2D eigenvalue weighted by atomic mass is 10.0. The normalized spacial score (nSPS) is 12.5. The van der Waals surface area contributed by atoms with Gasteiger partial charge in [-0.3, -0.25) is 4.98 Å². The molecular weight excluding hydrogens is 252 g/mol. The lowest BCUT2D eigenvalue weighted by Gasteiger charge is -2.18. The summed E-state index contributed by atoms with van der Waals surface area (Å²) in [6.45, 7) is 5.47. The zero-order chi connectivity index (χ0) is 13.5. The van der Waals surface area contributed by atoms with Crippen LogP contribution >= 0.6 is 11.3 Å². The van der Waals surface area contributed by atoms with E-state index in [1.165, 1.54) is 15.3 Å². The van der Waals surface area contributed by atoms with E-state index in [2.05, 4.69) is 48.4 Å². The van der Waals surface area contributed by atoms with Gasteiger partial charge >= 0.3 is 0 Å². The van der Waals surface area contributed by atoms with Crippen LogP contribution in [0.15, 0.2) is 36.7 Å². The lowest BCUT2D eigenvalue weighted by Crippen LogP contribution is -2.23. The van der Waals surface area contributed by atoms with Crippen LogP contribution in [0.1, 0.15) is 41.6 Å². The van der Waals surface area contributed by atoms with Crippen molar-refractivity contribution in [2.24, 2.45) is 0 Å². The summed E-state index contributed by atoms with van der Waals surface area (Å²) in [5, 5.41) is 3.64. The Balaban J connectivity index is 2.09. The smallest absolute Gasteiger partial charge is 0.0369 e. The fraction of sp³-hybridized carbons (Fsp3) is 0.438. The Labute approximate surface area is 119 Å². The molecule has 0 aliphatic heterocycles. The molecule has 0 aliphatic carbocycles. The first-order valence-corrected chi connectivity index (χ1v) is 7.86. The van der Waals surface area contributed by atoms with Crippen molar-refractivity contribution in [3.8, 4) is 0 Å². The molecule has 0 spiro atoms. The number of pyridine rings is 1. The van der Waals surface area contributed by atoms with Crippen LogP contribution in [-0.2, 0) is 12.8 Å². The SMILES string of the molecule is CCCNC(Cc1ccc(CC)s1)c1ccncc1. The molecule has 102 valence electrons. The highest BCUT2D eigenvalue weighted by molar-refractivity contribution is 7.11. The molecule has 2 aromatic rings. The molecule has 3 heteroatoms. The van der Waals surface area contributed by atoms with Crippen LogP contribution in [-0.4, -0.2) is 11.5 Å². The van der Waals surface area contributed by atoms with Crippen molar-refractivity contribution in [1.82, 2.24) is 10.3 Å². The first-order chi connectivity index (χ1) is 9.33. The van der Waals surface area contributed by atoms with Crippen molar-refractivity contribution in [1.29, 1.82) is 0 Å². The number of nitrogens with one attached hydrogen (secondary N) is 1. The van der Waals surface area contributed by atoms with E-state index in [-0.39, 0.29) is 0 Å². The lowest BCUT2D eigenvalue weighted by molar-refractivity contribution is 0.532. The van der Waals surface area contributed by atoms with Gasteiger partial charge in [-0.25, -0.2) is 0 Å². The highest BCUT2D eigenvalue weighted by Gasteiger charge is 2.12. The topological polar surface area (TPSA) is 24.9 Å². The van der Waals surface area contributed by atoms with Gasteiger partial charge in [-0.1, -0.05) is 13.8 Å². The summed E-state index contributed by atoms with van der Waals surface area (Å²) in [6.07, 6.45) is 7.11. The Morgan fingerprint density at radius 3 is 2.47 bits per heavy atom. The predicted molar refractivity (Wildman–Crippen MR) is 82.7 cm³/mol. The highest BCUT2D eigenvalue weighted by Crippen LogP contribution is 2.24. The van der Waals surface area contributed by atoms with Crippen LogP contribution in [0.3, 0.4) is 0 Å². The summed E-state index contributed by atoms with van der Waals surface area (Å²) in [6, 6.07) is 9.14. The molecule has 0 aliphatic rings. The van der Waals surface area contributed by atoms with Crippen LogP contribution < -0.4 is 5.32 Å². The fourth-order valence-corrected chi connectivity index (χ4v) is 3.15. The molecule has 2 nitrogen and oxygen atoms in total. The Morgan fingerprint density at radius 1 is 1.11 bits per heavy atom. The Kier molecular flexibility index (Phi) is 5.55. The molecular formula is C16H22N2S. The maximum atomic E-state index is 4.11. The first-order valence-electron chi connectivity index (χ1n) is 7.04. The third-order valence-corrected chi connectivity index (χ3v) is 4.47. The van der Waals surface area contributed by atoms with Gasteiger partial charge in [-0.2, -0.15) is 0 Å². The number of hydrogen-bond donors (Lipinski definition) is 1. The van der Waals surface area contributed by atoms with Gasteiger partial charge in [0, 0.05) is 34.6 Å². The average molecular weight is 274 g/mol. The van der Waals surface area contributed by atoms with Crippen LogP contribution in [0.2, 0.25) is 0 Å². The molecule has 2 heterocycles. The summed E-state index contributed by atoms with van der Waals surface area (Å²) in [5.41, 5.74) is 1.33. The molecule has 0 amide bonds. The molecule has 19 heavy (non-hydrogen) atoms. The molecule has 0 bridgehead atoms. The molecule has 0 saturated heterocycles. The minimum absolute atomic E-state index is 0.395. The van der Waals surface area contributed by atoms with E-state index in [0.29, 0.717) is 6.04 Å². The maximum absolute atomic E-state index is 4.11. The number of thiophene rings is 1. The third-order valence-electron chi connectivity index (χ3n) is 3.22. The monoisotopic (exact) mass is 274 g/mol. The Morgan fingerprint density at radius 2 is 1.84 bits per heavy atom. The average Bonchev–Trinajstić information content (AvgIpc) is 2.92. The van der Waals surface area contributed by atoms with Crippen LogP contribution in [0.5, 0.6) is 0 Å². The van der Waals surface area contributed by atoms with Crippen LogP contribution in [0, 0.1) is 0 Å². The first kappa shape index (κ1) is 14.2. The fourth-order valence-electron chi connectivity index (χ4n) is 2.15. The second-order valence-corrected chi connectivity index (χ2v) is 5.97. The summed E-state index contributed by atoms with van der Waals surface area (Å²) >= 11 is 1.93. The minimum atomic E-state index is 0.395. The zero-order valence-corrected chi connectivity index (χ0v) is 12.5. The van der Waals surface area contributed by atoms with E-state index in [9.17, 15) is 0 Å². The van der Waals surface area contributed by atoms with Gasteiger partial charge in [0.05, 0.1) is 0 Å². The van der Waals surface area contributed by atoms with Crippen molar-refractivity contribution >= 4 is 11.3 Å². The van der Waals surface area contributed by atoms with Gasteiger partial charge in [-0.05, 0) is 49.2 Å². The van der Waals surface area contributed by atoms with Crippen molar-refractivity contribution in [2.75, 3.05) is 6.54 Å². The second kappa shape index (κ2) is 7.41.